The van der Waals surface area contributed by atoms with E-state index >= 15 is 0 Å². The molecule has 2 aliphatic rings. The largest absolute Gasteiger partial charge is 0.371 e. The average molecular weight is 380 g/mol. The average Bonchev–Trinajstić information content (AvgIpc) is 2.70. The lowest BCUT2D eigenvalue weighted by atomic mass is 10.0. The lowest BCUT2D eigenvalue weighted by Gasteiger charge is -2.28. The molecule has 0 aromatic carbocycles. The van der Waals surface area contributed by atoms with Crippen LogP contribution in [0.1, 0.15) is 32.6 Å². The lowest BCUT2D eigenvalue weighted by molar-refractivity contribution is -0.0540. The Hall–Kier alpha value is 0.360. The van der Waals surface area contributed by atoms with Crippen molar-refractivity contribution in [2.75, 3.05) is 0 Å². The Morgan fingerprint density at radius 3 is 2.78 bits per heavy atom. The molecule has 0 N–H and O–H groups in total. The van der Waals surface area contributed by atoms with Crippen molar-refractivity contribution in [3.05, 3.63) is 23.2 Å². The molecule has 1 saturated heterocycles. The summed E-state index contributed by atoms with van der Waals surface area (Å²) in [7, 11) is 0. The Bertz CT molecular complexity index is 317. The third kappa shape index (κ3) is 3.69. The van der Waals surface area contributed by atoms with Crippen LogP contribution < -0.4 is 0 Å². The van der Waals surface area contributed by atoms with E-state index in [0.29, 0.717) is 4.83 Å². The molecule has 2 rings (SSSR count). The van der Waals surface area contributed by atoms with Crippen molar-refractivity contribution in [2.24, 2.45) is 0 Å². The predicted octanol–water partition coefficient (Wildman–Crippen LogP) is 4.33. The summed E-state index contributed by atoms with van der Waals surface area (Å²) in [6.07, 6.45) is 11.4. The molecule has 1 fully saturated rings. The summed E-state index contributed by atoms with van der Waals surface area (Å²) >= 11 is 7.03. The predicted molar refractivity (Wildman–Crippen MR) is 81.4 cm³/mol. The summed E-state index contributed by atoms with van der Waals surface area (Å²) in [5.74, 6) is 0. The van der Waals surface area contributed by atoms with Gasteiger partial charge in [0.25, 0.3) is 0 Å². The van der Waals surface area contributed by atoms with Crippen LogP contribution in [0.4, 0.5) is 0 Å². The molecule has 0 saturated carbocycles. The van der Waals surface area contributed by atoms with Crippen molar-refractivity contribution in [3.63, 3.8) is 0 Å². The van der Waals surface area contributed by atoms with Crippen molar-refractivity contribution in [3.8, 4) is 0 Å². The topological polar surface area (TPSA) is 18.5 Å². The van der Waals surface area contributed by atoms with E-state index in [2.05, 4.69) is 57.0 Å². The molecule has 102 valence electrons. The van der Waals surface area contributed by atoms with E-state index in [1.165, 1.54) is 0 Å². The Labute approximate surface area is 126 Å². The summed E-state index contributed by atoms with van der Waals surface area (Å²) in [6.45, 7) is 2.18. The number of rotatable bonds is 3. The van der Waals surface area contributed by atoms with Crippen molar-refractivity contribution < 1.29 is 9.47 Å². The molecule has 0 radical (unpaired) electrons. The first-order chi connectivity index (χ1) is 8.74. The standard InChI is InChI=1S/C14H20Br2O2/c1-2-11(16)12-5-3-4-6-13-14(18-12)9-10(17-13)7-8-15/h3-4,7-8,10-14H,2,5-6,9H2,1H3/b4-3-,8-7+/t10-,11-,12+,13-,14-/m0/s1. The Balaban J connectivity index is 2.03. The zero-order valence-corrected chi connectivity index (χ0v) is 13.8. The second kappa shape index (κ2) is 7.22. The molecule has 2 heterocycles. The SMILES string of the molecule is CC[C@H](Br)[C@H]1C/C=C\C[C@@H]2O[C@@H](/C=C/Br)C[C@@H]2O1. The molecular formula is C14H20Br2O2. The fourth-order valence-corrected chi connectivity index (χ4v) is 3.22. The molecule has 2 aliphatic heterocycles. The molecule has 0 aromatic heterocycles. The van der Waals surface area contributed by atoms with Gasteiger partial charge >= 0.3 is 0 Å². The minimum Gasteiger partial charge on any atom is -0.371 e. The third-order valence-corrected chi connectivity index (χ3v) is 5.11. The van der Waals surface area contributed by atoms with Gasteiger partial charge in [0.1, 0.15) is 0 Å². The Kier molecular flexibility index (Phi) is 5.93. The van der Waals surface area contributed by atoms with Gasteiger partial charge in [0.15, 0.2) is 0 Å². The molecular weight excluding hydrogens is 360 g/mol. The number of hydrogen-bond donors (Lipinski definition) is 0. The highest BCUT2D eigenvalue weighted by atomic mass is 79.9. The quantitative estimate of drug-likeness (QED) is 0.536. The molecule has 0 aliphatic carbocycles. The van der Waals surface area contributed by atoms with Gasteiger partial charge in [-0.1, -0.05) is 50.9 Å². The highest BCUT2D eigenvalue weighted by molar-refractivity contribution is 9.11. The first-order valence-corrected chi connectivity index (χ1v) is 8.44. The van der Waals surface area contributed by atoms with E-state index < -0.39 is 0 Å². The fraction of sp³-hybridized carbons (Fsp3) is 0.714. The third-order valence-electron chi connectivity index (χ3n) is 3.56. The molecule has 0 unspecified atom stereocenters. The van der Waals surface area contributed by atoms with Crippen LogP contribution in [0.2, 0.25) is 0 Å². The first kappa shape index (κ1) is 14.8. The normalized spacial score (nSPS) is 40.2. The summed E-state index contributed by atoms with van der Waals surface area (Å²) < 4.78 is 12.3. The van der Waals surface area contributed by atoms with Gasteiger partial charge < -0.3 is 9.47 Å². The molecule has 0 amide bonds. The maximum absolute atomic E-state index is 6.27. The van der Waals surface area contributed by atoms with Gasteiger partial charge in [-0.3, -0.25) is 0 Å². The maximum atomic E-state index is 6.27. The minimum atomic E-state index is 0.182. The van der Waals surface area contributed by atoms with Crippen LogP contribution in [0.3, 0.4) is 0 Å². The van der Waals surface area contributed by atoms with Crippen molar-refractivity contribution in [1.29, 1.82) is 0 Å². The summed E-state index contributed by atoms with van der Waals surface area (Å²) in [4.78, 5) is 2.30. The molecule has 2 nitrogen and oxygen atoms in total. The van der Waals surface area contributed by atoms with Gasteiger partial charge in [-0.05, 0) is 30.3 Å². The van der Waals surface area contributed by atoms with Crippen molar-refractivity contribution in [2.45, 2.75) is 61.9 Å². The van der Waals surface area contributed by atoms with Gasteiger partial charge in [0, 0.05) is 11.2 Å². The van der Waals surface area contributed by atoms with E-state index in [1.54, 1.807) is 0 Å². The van der Waals surface area contributed by atoms with Crippen LogP contribution in [-0.4, -0.2) is 29.2 Å². The summed E-state index contributed by atoms with van der Waals surface area (Å²) in [6, 6.07) is 0. The molecule has 0 spiro atoms. The smallest absolute Gasteiger partial charge is 0.0880 e. The van der Waals surface area contributed by atoms with Gasteiger partial charge in [0.05, 0.1) is 24.4 Å². The fourth-order valence-electron chi connectivity index (χ4n) is 2.54. The van der Waals surface area contributed by atoms with Gasteiger partial charge in [-0.2, -0.15) is 0 Å². The molecule has 18 heavy (non-hydrogen) atoms. The second-order valence-corrected chi connectivity index (χ2v) is 6.55. The van der Waals surface area contributed by atoms with Gasteiger partial charge in [-0.15, -0.1) is 0 Å². The second-order valence-electron chi connectivity index (χ2n) is 4.85. The highest BCUT2D eigenvalue weighted by Crippen LogP contribution is 2.32. The molecule has 0 bridgehead atoms. The van der Waals surface area contributed by atoms with Crippen LogP contribution in [0, 0.1) is 0 Å². The van der Waals surface area contributed by atoms with Crippen LogP contribution in [0.15, 0.2) is 23.2 Å². The Morgan fingerprint density at radius 2 is 2.06 bits per heavy atom. The number of ether oxygens (including phenoxy) is 2. The number of fused-ring (bicyclic) bond motifs is 1. The van der Waals surface area contributed by atoms with E-state index in [9.17, 15) is 0 Å². The van der Waals surface area contributed by atoms with E-state index in [4.69, 9.17) is 9.47 Å². The number of halogens is 2. The number of alkyl halides is 1. The zero-order valence-electron chi connectivity index (χ0n) is 10.6. The van der Waals surface area contributed by atoms with Crippen LogP contribution in [0.25, 0.3) is 0 Å². The summed E-state index contributed by atoms with van der Waals surface area (Å²) in [5.41, 5.74) is 0. The van der Waals surface area contributed by atoms with E-state index in [0.717, 1.165) is 25.7 Å². The van der Waals surface area contributed by atoms with Crippen LogP contribution >= 0.6 is 31.9 Å². The van der Waals surface area contributed by atoms with Crippen LogP contribution in [-0.2, 0) is 9.47 Å². The maximum Gasteiger partial charge on any atom is 0.0880 e. The van der Waals surface area contributed by atoms with Crippen molar-refractivity contribution >= 4 is 31.9 Å². The van der Waals surface area contributed by atoms with E-state index in [1.807, 2.05) is 4.99 Å². The molecule has 4 heteroatoms. The van der Waals surface area contributed by atoms with Gasteiger partial charge in [0.2, 0.25) is 0 Å². The van der Waals surface area contributed by atoms with E-state index in [-0.39, 0.29) is 24.4 Å². The summed E-state index contributed by atoms with van der Waals surface area (Å²) in [5, 5.41) is 0. The highest BCUT2D eigenvalue weighted by Gasteiger charge is 2.37. The monoisotopic (exact) mass is 378 g/mol. The Morgan fingerprint density at radius 1 is 1.28 bits per heavy atom. The molecule has 0 aromatic rings. The van der Waals surface area contributed by atoms with Crippen LogP contribution in [0.5, 0.6) is 0 Å². The lowest BCUT2D eigenvalue weighted by Crippen LogP contribution is -2.34. The zero-order chi connectivity index (χ0) is 13.0. The molecule has 5 atom stereocenters. The van der Waals surface area contributed by atoms with Crippen molar-refractivity contribution in [1.82, 2.24) is 0 Å². The number of hydrogen-bond acceptors (Lipinski definition) is 2. The van der Waals surface area contributed by atoms with Gasteiger partial charge in [-0.25, -0.2) is 0 Å². The minimum absolute atomic E-state index is 0.182. The first-order valence-electron chi connectivity index (χ1n) is 6.61.